The molecule has 0 bridgehead atoms. The minimum Gasteiger partial charge on any atom is -0.462 e. The molecule has 8 heteroatoms. The summed E-state index contributed by atoms with van der Waals surface area (Å²) in [5.74, 6) is -0.524. The number of halogens is 4. The van der Waals surface area contributed by atoms with Crippen LogP contribution in [0.1, 0.15) is 34.2 Å². The second-order valence-corrected chi connectivity index (χ2v) is 7.14. The number of fused-ring (bicyclic) bond motifs is 1. The van der Waals surface area contributed by atoms with Crippen molar-refractivity contribution in [2.45, 2.75) is 19.5 Å². The summed E-state index contributed by atoms with van der Waals surface area (Å²) in [5.41, 5.74) is 1.21. The molecule has 32 heavy (non-hydrogen) atoms. The number of ether oxygens (including phenoxy) is 1. The summed E-state index contributed by atoms with van der Waals surface area (Å²) in [4.78, 5) is 16.6. The van der Waals surface area contributed by atoms with Crippen molar-refractivity contribution in [1.29, 1.82) is 0 Å². The van der Waals surface area contributed by atoms with Crippen LogP contribution in [0.5, 0.6) is 0 Å². The van der Waals surface area contributed by atoms with Crippen LogP contribution in [0.4, 0.5) is 17.6 Å². The van der Waals surface area contributed by atoms with Gasteiger partial charge in [0.15, 0.2) is 0 Å². The van der Waals surface area contributed by atoms with Gasteiger partial charge in [-0.15, -0.1) is 0 Å². The number of hydrogen-bond donors (Lipinski definition) is 0. The molecular weight excluding hydrogens is 424 g/mol. The number of nitrogens with zero attached hydrogens (tertiary/aromatic N) is 2. The molecule has 0 amide bonds. The van der Waals surface area contributed by atoms with Gasteiger partial charge in [0.2, 0.25) is 0 Å². The molecule has 4 rings (SSSR count). The van der Waals surface area contributed by atoms with E-state index in [0.29, 0.717) is 28.2 Å². The summed E-state index contributed by atoms with van der Waals surface area (Å²) in [6, 6.07) is 15.8. The number of imidazole rings is 1. The molecule has 3 aromatic carbocycles. The van der Waals surface area contributed by atoms with E-state index in [9.17, 15) is 22.4 Å². The average molecular weight is 442 g/mol. The number of carbonyl (C=O) groups excluding carboxylic acids is 1. The summed E-state index contributed by atoms with van der Waals surface area (Å²) < 4.78 is 60.1. The Balaban J connectivity index is 1.89. The Morgan fingerprint density at radius 2 is 1.81 bits per heavy atom. The topological polar surface area (TPSA) is 44.1 Å². The summed E-state index contributed by atoms with van der Waals surface area (Å²) in [5, 5.41) is 0. The van der Waals surface area contributed by atoms with Gasteiger partial charge in [-0.25, -0.2) is 14.2 Å². The number of esters is 1. The third kappa shape index (κ3) is 4.34. The van der Waals surface area contributed by atoms with Crippen LogP contribution in [-0.4, -0.2) is 22.1 Å². The molecule has 0 atom stereocenters. The zero-order valence-corrected chi connectivity index (χ0v) is 17.0. The number of hydrogen-bond acceptors (Lipinski definition) is 3. The lowest BCUT2D eigenvalue weighted by Crippen LogP contribution is -2.07. The van der Waals surface area contributed by atoms with Crippen molar-refractivity contribution in [3.8, 4) is 5.69 Å². The first kappa shape index (κ1) is 21.5. The molecule has 0 spiro atoms. The lowest BCUT2D eigenvalue weighted by atomic mass is 10.1. The first-order chi connectivity index (χ1) is 15.3. The van der Waals surface area contributed by atoms with Crippen molar-refractivity contribution < 1.29 is 27.1 Å². The van der Waals surface area contributed by atoms with Gasteiger partial charge >= 0.3 is 12.1 Å². The van der Waals surface area contributed by atoms with Gasteiger partial charge in [0, 0.05) is 12.1 Å². The monoisotopic (exact) mass is 442 g/mol. The highest BCUT2D eigenvalue weighted by molar-refractivity contribution is 5.90. The second-order valence-electron chi connectivity index (χ2n) is 7.14. The zero-order valence-electron chi connectivity index (χ0n) is 17.0. The van der Waals surface area contributed by atoms with Crippen molar-refractivity contribution in [2.24, 2.45) is 0 Å². The molecule has 164 valence electrons. The van der Waals surface area contributed by atoms with Crippen LogP contribution < -0.4 is 0 Å². The zero-order chi connectivity index (χ0) is 22.9. The normalized spacial score (nSPS) is 11.7. The lowest BCUT2D eigenvalue weighted by Gasteiger charge is -2.12. The molecular formula is C24H18F4N2O2. The van der Waals surface area contributed by atoms with E-state index >= 15 is 0 Å². The van der Waals surface area contributed by atoms with E-state index in [-0.39, 0.29) is 18.5 Å². The smallest absolute Gasteiger partial charge is 0.416 e. The van der Waals surface area contributed by atoms with Crippen molar-refractivity contribution in [1.82, 2.24) is 9.55 Å². The molecule has 1 aromatic heterocycles. The number of carbonyl (C=O) groups is 1. The van der Waals surface area contributed by atoms with Gasteiger partial charge in [0.1, 0.15) is 11.6 Å². The van der Waals surface area contributed by atoms with Crippen molar-refractivity contribution in [3.63, 3.8) is 0 Å². The fourth-order valence-electron chi connectivity index (χ4n) is 3.53. The first-order valence-electron chi connectivity index (χ1n) is 9.87. The average Bonchev–Trinajstić information content (AvgIpc) is 3.10. The van der Waals surface area contributed by atoms with E-state index in [1.54, 1.807) is 47.9 Å². The van der Waals surface area contributed by atoms with Crippen LogP contribution in [0.3, 0.4) is 0 Å². The molecule has 0 fully saturated rings. The van der Waals surface area contributed by atoms with Crippen LogP contribution in [0.15, 0.2) is 66.7 Å². The van der Waals surface area contributed by atoms with Gasteiger partial charge in [-0.3, -0.25) is 4.57 Å². The number of aromatic nitrogens is 2. The summed E-state index contributed by atoms with van der Waals surface area (Å²) in [6.07, 6.45) is -4.33. The molecule has 0 aliphatic rings. The number of benzene rings is 3. The molecule has 0 aliphatic carbocycles. The Morgan fingerprint density at radius 3 is 2.53 bits per heavy atom. The van der Waals surface area contributed by atoms with Gasteiger partial charge < -0.3 is 4.74 Å². The van der Waals surface area contributed by atoms with E-state index in [2.05, 4.69) is 4.98 Å². The number of rotatable bonds is 5. The molecule has 4 nitrogen and oxygen atoms in total. The van der Waals surface area contributed by atoms with Gasteiger partial charge in [-0.1, -0.05) is 18.2 Å². The SMILES string of the molecule is CCOC(=O)c1cccc(-n2c(Cc3cccc(F)c3)nc3cc(C(F)(F)F)ccc32)c1. The van der Waals surface area contributed by atoms with Crippen molar-refractivity contribution >= 4 is 17.0 Å². The maximum Gasteiger partial charge on any atom is 0.416 e. The van der Waals surface area contributed by atoms with Crippen LogP contribution in [-0.2, 0) is 17.3 Å². The van der Waals surface area contributed by atoms with Crippen molar-refractivity contribution in [3.05, 3.63) is 95.1 Å². The Hall–Kier alpha value is -3.68. The maximum absolute atomic E-state index is 13.7. The minimum absolute atomic E-state index is 0.146. The molecule has 1 heterocycles. The van der Waals surface area contributed by atoms with E-state index in [1.165, 1.54) is 18.2 Å². The molecule has 0 saturated heterocycles. The van der Waals surface area contributed by atoms with Crippen LogP contribution in [0.25, 0.3) is 16.7 Å². The van der Waals surface area contributed by atoms with Gasteiger partial charge in [-0.2, -0.15) is 13.2 Å². The highest BCUT2D eigenvalue weighted by atomic mass is 19.4. The third-order valence-electron chi connectivity index (χ3n) is 4.92. The molecule has 0 saturated carbocycles. The molecule has 0 aliphatic heterocycles. The Labute approximate surface area is 181 Å². The van der Waals surface area contributed by atoms with Gasteiger partial charge in [0.25, 0.3) is 0 Å². The van der Waals surface area contributed by atoms with Crippen LogP contribution in [0.2, 0.25) is 0 Å². The molecule has 0 radical (unpaired) electrons. The Kier molecular flexibility index (Phi) is 5.69. The summed E-state index contributed by atoms with van der Waals surface area (Å²) in [6.45, 7) is 1.91. The fraction of sp³-hybridized carbons (Fsp3) is 0.167. The summed E-state index contributed by atoms with van der Waals surface area (Å²) in [7, 11) is 0. The quantitative estimate of drug-likeness (QED) is 0.283. The van der Waals surface area contributed by atoms with Crippen LogP contribution in [0, 0.1) is 5.82 Å². The van der Waals surface area contributed by atoms with Crippen molar-refractivity contribution in [2.75, 3.05) is 6.61 Å². The maximum atomic E-state index is 13.7. The van der Waals surface area contributed by atoms with E-state index in [0.717, 1.165) is 12.1 Å². The molecule has 0 N–H and O–H groups in total. The summed E-state index contributed by atoms with van der Waals surface area (Å²) >= 11 is 0. The fourth-order valence-corrected chi connectivity index (χ4v) is 3.53. The second kappa shape index (κ2) is 8.45. The first-order valence-corrected chi connectivity index (χ1v) is 9.87. The van der Waals surface area contributed by atoms with Crippen LogP contribution >= 0.6 is 0 Å². The van der Waals surface area contributed by atoms with E-state index in [4.69, 9.17) is 4.74 Å². The van der Waals surface area contributed by atoms with E-state index in [1.807, 2.05) is 0 Å². The molecule has 4 aromatic rings. The predicted molar refractivity (Wildman–Crippen MR) is 111 cm³/mol. The Morgan fingerprint density at radius 1 is 1.03 bits per heavy atom. The Bertz CT molecular complexity index is 1290. The van der Waals surface area contributed by atoms with Gasteiger partial charge in [-0.05, 0) is 61.0 Å². The minimum atomic E-state index is -4.51. The lowest BCUT2D eigenvalue weighted by molar-refractivity contribution is -0.137. The highest BCUT2D eigenvalue weighted by Crippen LogP contribution is 2.33. The standard InChI is InChI=1S/C24H18F4N2O2/c1-2-32-23(31)16-6-4-8-19(13-16)30-21-10-9-17(24(26,27)28)14-20(21)29-22(30)12-15-5-3-7-18(25)11-15/h3-11,13-14H,2,12H2,1H3. The molecule has 0 unspecified atom stereocenters. The number of alkyl halides is 3. The third-order valence-corrected chi connectivity index (χ3v) is 4.92. The van der Waals surface area contributed by atoms with Gasteiger partial charge in [0.05, 0.1) is 28.8 Å². The van der Waals surface area contributed by atoms with E-state index < -0.39 is 23.5 Å². The predicted octanol–water partition coefficient (Wildman–Crippen LogP) is 5.95. The highest BCUT2D eigenvalue weighted by Gasteiger charge is 2.31. The largest absolute Gasteiger partial charge is 0.462 e.